The van der Waals surface area contributed by atoms with Crippen molar-refractivity contribution in [3.8, 4) is 0 Å². The maximum absolute atomic E-state index is 12.9. The summed E-state index contributed by atoms with van der Waals surface area (Å²) in [7, 11) is 0. The Morgan fingerprint density at radius 3 is 2.29 bits per heavy atom. The maximum atomic E-state index is 12.9. The number of amides is 3. The summed E-state index contributed by atoms with van der Waals surface area (Å²) in [6, 6.07) is 23.6. The van der Waals surface area contributed by atoms with Gasteiger partial charge in [-0.1, -0.05) is 60.7 Å². The highest BCUT2D eigenvalue weighted by atomic mass is 16.5. The molecule has 0 saturated carbocycles. The van der Waals surface area contributed by atoms with Gasteiger partial charge in [0.25, 0.3) is 11.8 Å². The summed E-state index contributed by atoms with van der Waals surface area (Å²) in [6.07, 6.45) is 0.196. The zero-order valence-corrected chi connectivity index (χ0v) is 18.3. The van der Waals surface area contributed by atoms with Crippen LogP contribution in [-0.2, 0) is 25.5 Å². The minimum absolute atomic E-state index is 0.175. The predicted octanol–water partition coefficient (Wildman–Crippen LogP) is 2.56. The third-order valence-electron chi connectivity index (χ3n) is 5.32. The monoisotopic (exact) mass is 457 g/mol. The van der Waals surface area contributed by atoms with Crippen molar-refractivity contribution in [3.63, 3.8) is 0 Å². The van der Waals surface area contributed by atoms with E-state index in [1.165, 1.54) is 4.90 Å². The second kappa shape index (κ2) is 10.4. The van der Waals surface area contributed by atoms with Crippen LogP contribution in [0.15, 0.2) is 84.9 Å². The molecule has 0 bridgehead atoms. The first kappa shape index (κ1) is 22.7. The van der Waals surface area contributed by atoms with E-state index >= 15 is 0 Å². The summed E-state index contributed by atoms with van der Waals surface area (Å²) in [5, 5.41) is 5.41. The molecule has 0 spiro atoms. The normalized spacial score (nSPS) is 13.3. The van der Waals surface area contributed by atoms with E-state index in [0.29, 0.717) is 16.9 Å². The van der Waals surface area contributed by atoms with Gasteiger partial charge in [0.1, 0.15) is 12.6 Å². The number of anilines is 2. The van der Waals surface area contributed by atoms with Gasteiger partial charge in [-0.2, -0.15) is 0 Å². The summed E-state index contributed by atoms with van der Waals surface area (Å²) in [4.78, 5) is 51.7. The molecule has 1 atom stereocenters. The van der Waals surface area contributed by atoms with Gasteiger partial charge in [-0.3, -0.25) is 19.3 Å². The first-order valence-corrected chi connectivity index (χ1v) is 10.8. The highest BCUT2D eigenvalue weighted by Crippen LogP contribution is 2.28. The van der Waals surface area contributed by atoms with E-state index < -0.39 is 30.4 Å². The molecule has 1 heterocycles. The first-order chi connectivity index (χ1) is 16.5. The lowest BCUT2D eigenvalue weighted by atomic mass is 10.1. The number of para-hydroxylation sites is 2. The SMILES string of the molecule is O=C1CN(C(=O)COC(=O)C(Cc2ccccc2)NC(=O)c2ccccc2)c2ccccc2N1. The molecule has 3 aromatic carbocycles. The van der Waals surface area contributed by atoms with Crippen molar-refractivity contribution in [2.24, 2.45) is 0 Å². The minimum Gasteiger partial charge on any atom is -0.454 e. The lowest BCUT2D eigenvalue weighted by molar-refractivity contribution is -0.149. The number of benzene rings is 3. The number of hydrogen-bond acceptors (Lipinski definition) is 5. The molecule has 4 rings (SSSR count). The number of carbonyl (C=O) groups excluding carboxylic acids is 4. The Kier molecular flexibility index (Phi) is 6.98. The number of hydrogen-bond donors (Lipinski definition) is 2. The van der Waals surface area contributed by atoms with Crippen molar-refractivity contribution in [3.05, 3.63) is 96.1 Å². The van der Waals surface area contributed by atoms with Crippen molar-refractivity contribution in [1.82, 2.24) is 5.32 Å². The van der Waals surface area contributed by atoms with Gasteiger partial charge in [-0.15, -0.1) is 0 Å². The largest absolute Gasteiger partial charge is 0.454 e. The van der Waals surface area contributed by atoms with Crippen LogP contribution in [0.2, 0.25) is 0 Å². The Labute approximate surface area is 196 Å². The molecule has 172 valence electrons. The van der Waals surface area contributed by atoms with Crippen molar-refractivity contribution < 1.29 is 23.9 Å². The van der Waals surface area contributed by atoms with Gasteiger partial charge in [-0.25, -0.2) is 4.79 Å². The van der Waals surface area contributed by atoms with Crippen LogP contribution in [-0.4, -0.2) is 42.9 Å². The van der Waals surface area contributed by atoms with Crippen LogP contribution in [0.4, 0.5) is 11.4 Å². The van der Waals surface area contributed by atoms with Crippen molar-refractivity contribution in [2.75, 3.05) is 23.4 Å². The zero-order valence-electron chi connectivity index (χ0n) is 18.3. The molecule has 2 N–H and O–H groups in total. The highest BCUT2D eigenvalue weighted by Gasteiger charge is 2.29. The fourth-order valence-corrected chi connectivity index (χ4v) is 3.64. The van der Waals surface area contributed by atoms with Crippen LogP contribution < -0.4 is 15.5 Å². The number of carbonyl (C=O) groups is 4. The van der Waals surface area contributed by atoms with Crippen molar-refractivity contribution in [1.29, 1.82) is 0 Å². The number of ether oxygens (including phenoxy) is 1. The molecule has 3 amide bonds. The Morgan fingerprint density at radius 1 is 0.912 bits per heavy atom. The van der Waals surface area contributed by atoms with Crippen LogP contribution >= 0.6 is 0 Å². The van der Waals surface area contributed by atoms with Gasteiger partial charge in [-0.05, 0) is 29.8 Å². The van der Waals surface area contributed by atoms with E-state index in [-0.39, 0.29) is 18.9 Å². The Hall–Kier alpha value is -4.46. The molecule has 0 aromatic heterocycles. The quantitative estimate of drug-likeness (QED) is 0.531. The molecule has 3 aromatic rings. The fourth-order valence-electron chi connectivity index (χ4n) is 3.64. The average Bonchev–Trinajstić information content (AvgIpc) is 2.87. The van der Waals surface area contributed by atoms with Gasteiger partial charge in [0.05, 0.1) is 11.4 Å². The molecule has 0 aliphatic carbocycles. The number of nitrogens with zero attached hydrogens (tertiary/aromatic N) is 1. The molecule has 1 aliphatic rings. The van der Waals surface area contributed by atoms with E-state index in [1.54, 1.807) is 54.6 Å². The van der Waals surface area contributed by atoms with Gasteiger partial charge in [0.15, 0.2) is 6.61 Å². The predicted molar refractivity (Wildman–Crippen MR) is 126 cm³/mol. The highest BCUT2D eigenvalue weighted by molar-refractivity contribution is 6.10. The smallest absolute Gasteiger partial charge is 0.329 e. The zero-order chi connectivity index (χ0) is 23.9. The van der Waals surface area contributed by atoms with Crippen LogP contribution in [0, 0.1) is 0 Å². The number of esters is 1. The van der Waals surface area contributed by atoms with Crippen molar-refractivity contribution >= 4 is 35.1 Å². The van der Waals surface area contributed by atoms with E-state index in [0.717, 1.165) is 5.56 Å². The molecule has 8 heteroatoms. The second-order valence-corrected chi connectivity index (χ2v) is 7.73. The standard InChI is InChI=1S/C26H23N3O5/c30-23-16-29(22-14-8-7-13-20(22)27-23)24(31)17-34-26(33)21(15-18-9-3-1-4-10-18)28-25(32)19-11-5-2-6-12-19/h1-14,21H,15-17H2,(H,27,30)(H,28,32). The van der Waals surface area contributed by atoms with Crippen LogP contribution in [0.1, 0.15) is 15.9 Å². The van der Waals surface area contributed by atoms with Crippen LogP contribution in [0.25, 0.3) is 0 Å². The van der Waals surface area contributed by atoms with Gasteiger partial charge in [0, 0.05) is 12.0 Å². The molecular formula is C26H23N3O5. The van der Waals surface area contributed by atoms with Gasteiger partial charge >= 0.3 is 5.97 Å². The minimum atomic E-state index is -1.00. The summed E-state index contributed by atoms with van der Waals surface area (Å²) in [6.45, 7) is -0.738. The summed E-state index contributed by atoms with van der Waals surface area (Å²) >= 11 is 0. The Bertz CT molecular complexity index is 1200. The molecule has 0 fully saturated rings. The lowest BCUT2D eigenvalue weighted by Crippen LogP contribution is -2.46. The van der Waals surface area contributed by atoms with Crippen molar-refractivity contribution in [2.45, 2.75) is 12.5 Å². The molecular weight excluding hydrogens is 434 g/mol. The molecule has 8 nitrogen and oxygen atoms in total. The number of nitrogens with one attached hydrogen (secondary N) is 2. The third-order valence-corrected chi connectivity index (χ3v) is 5.32. The molecule has 34 heavy (non-hydrogen) atoms. The molecule has 0 saturated heterocycles. The summed E-state index contributed by atoms with van der Waals surface area (Å²) in [5.74, 6) is -2.04. The molecule has 0 radical (unpaired) electrons. The Balaban J connectivity index is 1.45. The van der Waals surface area contributed by atoms with Gasteiger partial charge in [0.2, 0.25) is 5.91 Å². The summed E-state index contributed by atoms with van der Waals surface area (Å²) < 4.78 is 5.30. The van der Waals surface area contributed by atoms with Gasteiger partial charge < -0.3 is 15.4 Å². The molecule has 1 aliphatic heterocycles. The van der Waals surface area contributed by atoms with Crippen LogP contribution in [0.3, 0.4) is 0 Å². The van der Waals surface area contributed by atoms with E-state index in [2.05, 4.69) is 10.6 Å². The number of fused-ring (bicyclic) bond motifs is 1. The second-order valence-electron chi connectivity index (χ2n) is 7.73. The van der Waals surface area contributed by atoms with E-state index in [4.69, 9.17) is 4.74 Å². The summed E-state index contributed by atoms with van der Waals surface area (Å²) in [5.41, 5.74) is 2.27. The topological polar surface area (TPSA) is 105 Å². The Morgan fingerprint density at radius 2 is 1.56 bits per heavy atom. The molecule has 1 unspecified atom stereocenters. The first-order valence-electron chi connectivity index (χ1n) is 10.8. The average molecular weight is 457 g/mol. The van der Waals surface area contributed by atoms with E-state index in [9.17, 15) is 19.2 Å². The number of rotatable bonds is 7. The lowest BCUT2D eigenvalue weighted by Gasteiger charge is -2.29. The maximum Gasteiger partial charge on any atom is 0.329 e. The fraction of sp³-hybridized carbons (Fsp3) is 0.154. The van der Waals surface area contributed by atoms with E-state index in [1.807, 2.05) is 30.3 Å². The third kappa shape index (κ3) is 5.47. The van der Waals surface area contributed by atoms with Crippen LogP contribution in [0.5, 0.6) is 0 Å².